The van der Waals surface area contributed by atoms with Gasteiger partial charge in [0.05, 0.1) is 0 Å². The number of unbranched alkanes of at least 4 members (excludes halogenated alkanes) is 3. The van der Waals surface area contributed by atoms with Crippen molar-refractivity contribution in [3.05, 3.63) is 0 Å². The van der Waals surface area contributed by atoms with Gasteiger partial charge in [0.15, 0.2) is 6.29 Å². The first kappa shape index (κ1) is 11.8. The number of thiocarbonyl (C=S) groups is 2. The van der Waals surface area contributed by atoms with Crippen molar-refractivity contribution in [2.24, 2.45) is 0 Å². The predicted molar refractivity (Wildman–Crippen MR) is 59.6 cm³/mol. The van der Waals surface area contributed by atoms with Crippen LogP contribution in [0.25, 0.3) is 0 Å². The van der Waals surface area contributed by atoms with E-state index in [1.807, 2.05) is 6.29 Å². The summed E-state index contributed by atoms with van der Waals surface area (Å²) in [6.45, 7) is 0. The van der Waals surface area contributed by atoms with Crippen molar-refractivity contribution in [3.8, 4) is 0 Å². The summed E-state index contributed by atoms with van der Waals surface area (Å²) in [6, 6.07) is 0. The minimum absolute atomic E-state index is 0.555. The van der Waals surface area contributed by atoms with E-state index < -0.39 is 0 Å². The molecule has 0 saturated heterocycles. The molecule has 12 heavy (non-hydrogen) atoms. The third kappa shape index (κ3) is 7.95. The maximum absolute atomic E-state index is 9.83. The standard InChI is InChI=1S/C9H13OS2/c10-7-4-2-1-3-5-9(12)6-8-11/h8H,1-6H2. The van der Waals surface area contributed by atoms with Gasteiger partial charge < -0.3 is 0 Å². The molecule has 67 valence electrons. The molecule has 0 atom stereocenters. The maximum Gasteiger partial charge on any atom is 0.198 e. The van der Waals surface area contributed by atoms with Gasteiger partial charge in [-0.15, -0.1) is 0 Å². The summed E-state index contributed by atoms with van der Waals surface area (Å²) in [5.41, 5.74) is 0. The molecule has 0 rings (SSSR count). The van der Waals surface area contributed by atoms with Crippen LogP contribution in [0.2, 0.25) is 0 Å². The van der Waals surface area contributed by atoms with Crippen molar-refractivity contribution in [1.29, 1.82) is 0 Å². The molecule has 0 bridgehead atoms. The van der Waals surface area contributed by atoms with E-state index in [2.05, 4.69) is 12.2 Å². The Balaban J connectivity index is 3.13. The summed E-state index contributed by atoms with van der Waals surface area (Å²) in [4.78, 5) is 10.9. The Morgan fingerprint density at radius 3 is 2.67 bits per heavy atom. The van der Waals surface area contributed by atoms with Crippen LogP contribution >= 0.6 is 24.4 Å². The van der Waals surface area contributed by atoms with Crippen LogP contribution in [0, 0.1) is 0 Å². The Morgan fingerprint density at radius 2 is 2.08 bits per heavy atom. The molecule has 0 fully saturated rings. The fourth-order valence-corrected chi connectivity index (χ4v) is 1.43. The Kier molecular flexibility index (Phi) is 8.83. The molecule has 0 N–H and O–H groups in total. The molecule has 1 nitrogen and oxygen atoms in total. The lowest BCUT2D eigenvalue weighted by molar-refractivity contribution is 0.545. The van der Waals surface area contributed by atoms with Crippen LogP contribution in [0.1, 0.15) is 38.5 Å². The van der Waals surface area contributed by atoms with Crippen molar-refractivity contribution in [1.82, 2.24) is 0 Å². The van der Waals surface area contributed by atoms with E-state index in [0.717, 1.165) is 37.0 Å². The molecule has 0 heterocycles. The van der Waals surface area contributed by atoms with Crippen molar-refractivity contribution in [2.45, 2.75) is 38.5 Å². The Hall–Kier alpha value is -0.150. The largest absolute Gasteiger partial charge is 0.291 e. The fraction of sp³-hybridized carbons (Fsp3) is 0.667. The van der Waals surface area contributed by atoms with Crippen LogP contribution in [0.3, 0.4) is 0 Å². The van der Waals surface area contributed by atoms with Gasteiger partial charge in [0, 0.05) is 12.8 Å². The van der Waals surface area contributed by atoms with Gasteiger partial charge in [-0.1, -0.05) is 30.9 Å². The maximum atomic E-state index is 9.83. The van der Waals surface area contributed by atoms with E-state index >= 15 is 0 Å². The zero-order valence-corrected chi connectivity index (χ0v) is 8.68. The highest BCUT2D eigenvalue weighted by molar-refractivity contribution is 7.81. The summed E-state index contributed by atoms with van der Waals surface area (Å²) >= 11 is 9.74. The van der Waals surface area contributed by atoms with E-state index in [1.165, 1.54) is 0 Å². The molecule has 0 amide bonds. The summed E-state index contributed by atoms with van der Waals surface area (Å²) in [7, 11) is 0. The normalized spacial score (nSPS) is 9.33. The van der Waals surface area contributed by atoms with Gasteiger partial charge in [0.2, 0.25) is 0 Å². The molecule has 0 aromatic heterocycles. The van der Waals surface area contributed by atoms with Crippen molar-refractivity contribution in [3.63, 3.8) is 0 Å². The molecule has 0 aromatic rings. The summed E-state index contributed by atoms with van der Waals surface area (Å²) in [5.74, 6) is 0. The molecule has 0 saturated carbocycles. The Labute approximate surface area is 84.5 Å². The highest BCUT2D eigenvalue weighted by Gasteiger charge is 1.94. The first-order valence-corrected chi connectivity index (χ1v) is 4.99. The molecule has 0 spiro atoms. The highest BCUT2D eigenvalue weighted by atomic mass is 32.1. The molecule has 0 unspecified atom stereocenters. The van der Waals surface area contributed by atoms with Crippen molar-refractivity contribution < 1.29 is 4.79 Å². The van der Waals surface area contributed by atoms with Gasteiger partial charge in [0.1, 0.15) is 0 Å². The molecule has 0 aliphatic heterocycles. The summed E-state index contributed by atoms with van der Waals surface area (Å²) < 4.78 is 0. The third-order valence-corrected chi connectivity index (χ3v) is 2.08. The Morgan fingerprint density at radius 1 is 1.33 bits per heavy atom. The highest BCUT2D eigenvalue weighted by Crippen LogP contribution is 2.04. The topological polar surface area (TPSA) is 17.1 Å². The minimum atomic E-state index is 0.555. The minimum Gasteiger partial charge on any atom is -0.291 e. The van der Waals surface area contributed by atoms with Gasteiger partial charge in [-0.25, -0.2) is 0 Å². The van der Waals surface area contributed by atoms with Crippen LogP contribution < -0.4 is 0 Å². The first-order chi connectivity index (χ1) is 5.81. The SMILES string of the molecule is O=[C]CCCCCC(=S)CC=S. The third-order valence-electron chi connectivity index (χ3n) is 1.55. The molecular formula is C9H13OS2. The molecule has 3 heteroatoms. The van der Waals surface area contributed by atoms with Gasteiger partial charge in [0.25, 0.3) is 0 Å². The first-order valence-electron chi connectivity index (χ1n) is 4.11. The predicted octanol–water partition coefficient (Wildman–Crippen LogP) is 2.81. The molecule has 0 aliphatic rings. The van der Waals surface area contributed by atoms with E-state index in [1.54, 1.807) is 5.37 Å². The average Bonchev–Trinajstić information content (AvgIpc) is 2.05. The zero-order chi connectivity index (χ0) is 9.23. The summed E-state index contributed by atoms with van der Waals surface area (Å²) in [6.07, 6.45) is 7.23. The van der Waals surface area contributed by atoms with Gasteiger partial charge in [-0.3, -0.25) is 4.79 Å². The van der Waals surface area contributed by atoms with Crippen LogP contribution in [0.15, 0.2) is 0 Å². The average molecular weight is 201 g/mol. The van der Waals surface area contributed by atoms with Crippen LogP contribution in [-0.4, -0.2) is 16.5 Å². The molecule has 0 aliphatic carbocycles. The molecule has 1 radical (unpaired) electrons. The lowest BCUT2D eigenvalue weighted by Crippen LogP contribution is -1.94. The van der Waals surface area contributed by atoms with E-state index in [4.69, 9.17) is 12.2 Å². The van der Waals surface area contributed by atoms with Crippen LogP contribution in [0.4, 0.5) is 0 Å². The monoisotopic (exact) mass is 201 g/mol. The van der Waals surface area contributed by atoms with E-state index in [9.17, 15) is 4.79 Å². The number of carbonyl (C=O) groups excluding carboxylic acids is 1. The van der Waals surface area contributed by atoms with Crippen molar-refractivity contribution >= 4 is 41.0 Å². The number of hydrogen-bond acceptors (Lipinski definition) is 3. The van der Waals surface area contributed by atoms with Crippen LogP contribution in [0.5, 0.6) is 0 Å². The van der Waals surface area contributed by atoms with Crippen LogP contribution in [-0.2, 0) is 4.79 Å². The van der Waals surface area contributed by atoms with Gasteiger partial charge in [-0.05, 0) is 29.5 Å². The summed E-state index contributed by atoms with van der Waals surface area (Å²) in [5, 5.41) is 1.67. The van der Waals surface area contributed by atoms with Gasteiger partial charge in [-0.2, -0.15) is 0 Å². The lowest BCUT2D eigenvalue weighted by atomic mass is 10.1. The van der Waals surface area contributed by atoms with Crippen molar-refractivity contribution in [2.75, 3.05) is 0 Å². The second-order valence-corrected chi connectivity index (χ2v) is 3.53. The smallest absolute Gasteiger partial charge is 0.198 e. The van der Waals surface area contributed by atoms with E-state index in [-0.39, 0.29) is 0 Å². The van der Waals surface area contributed by atoms with Gasteiger partial charge >= 0.3 is 0 Å². The second kappa shape index (κ2) is 8.94. The lowest BCUT2D eigenvalue weighted by Gasteiger charge is -1.98. The molecule has 0 aromatic carbocycles. The number of hydrogen-bond donors (Lipinski definition) is 0. The molecular weight excluding hydrogens is 188 g/mol. The van der Waals surface area contributed by atoms with E-state index in [0.29, 0.717) is 6.42 Å². The zero-order valence-electron chi connectivity index (χ0n) is 7.04. The Bertz CT molecular complexity index is 155. The fourth-order valence-electron chi connectivity index (χ4n) is 0.891. The second-order valence-electron chi connectivity index (χ2n) is 2.61. The quantitative estimate of drug-likeness (QED) is 0.444. The number of rotatable bonds is 8.